The minimum atomic E-state index is -4.47. The Morgan fingerprint density at radius 2 is 2.07 bits per heavy atom. The Morgan fingerprint density at radius 1 is 1.30 bits per heavy atom. The van der Waals surface area contributed by atoms with E-state index in [1.165, 1.54) is 37.7 Å². The lowest BCUT2D eigenvalue weighted by atomic mass is 9.54. The first-order valence-electron chi connectivity index (χ1n) is 8.94. The van der Waals surface area contributed by atoms with Gasteiger partial charge in [0.2, 0.25) is 0 Å². The van der Waals surface area contributed by atoms with Crippen LogP contribution in [-0.4, -0.2) is 27.3 Å². The summed E-state index contributed by atoms with van der Waals surface area (Å²) in [6, 6.07) is 3.68. The van der Waals surface area contributed by atoms with E-state index in [1.54, 1.807) is 0 Å². The molecule has 2 amide bonds. The number of urea groups is 1. The van der Waals surface area contributed by atoms with E-state index >= 15 is 0 Å². The molecule has 1 aromatic heterocycles. The van der Waals surface area contributed by atoms with Crippen molar-refractivity contribution < 1.29 is 18.0 Å². The number of nitrogens with one attached hydrogen (secondary N) is 3. The van der Waals surface area contributed by atoms with E-state index in [0.717, 1.165) is 25.0 Å². The Hall–Kier alpha value is -2.58. The van der Waals surface area contributed by atoms with Crippen LogP contribution in [0.3, 0.4) is 0 Å². The Kier molecular flexibility index (Phi) is 4.32. The predicted octanol–water partition coefficient (Wildman–Crippen LogP) is 3.54. The number of hydrogen-bond acceptors (Lipinski definition) is 3. The van der Waals surface area contributed by atoms with Gasteiger partial charge in [-0.1, -0.05) is 18.6 Å². The molecule has 1 heterocycles. The van der Waals surface area contributed by atoms with E-state index in [1.807, 2.05) is 0 Å². The monoisotopic (exact) mass is 379 g/mol. The molecular formula is C18H20F3N5O. The van der Waals surface area contributed by atoms with Crippen LogP contribution in [0.5, 0.6) is 0 Å². The van der Waals surface area contributed by atoms with Gasteiger partial charge in [0.05, 0.1) is 5.56 Å². The van der Waals surface area contributed by atoms with Crippen LogP contribution in [0.1, 0.15) is 55.1 Å². The van der Waals surface area contributed by atoms with Crippen molar-refractivity contribution in [3.8, 4) is 0 Å². The van der Waals surface area contributed by atoms with Crippen molar-refractivity contribution in [1.29, 1.82) is 0 Å². The third-order valence-electron chi connectivity index (χ3n) is 5.64. The number of aromatic nitrogens is 3. The quantitative estimate of drug-likeness (QED) is 0.760. The number of nitrogens with zero attached hydrogens (tertiary/aromatic N) is 2. The van der Waals surface area contributed by atoms with E-state index in [9.17, 15) is 18.0 Å². The SMILES string of the molecule is O=C(NC1CC2(CCC2)C1)N[C@H](c1cccc(C(F)(F)F)c1)c1ncn[nH]1. The summed E-state index contributed by atoms with van der Waals surface area (Å²) in [5, 5.41) is 12.0. The second kappa shape index (κ2) is 6.54. The maximum atomic E-state index is 13.0. The highest BCUT2D eigenvalue weighted by Gasteiger charge is 2.48. The van der Waals surface area contributed by atoms with E-state index < -0.39 is 23.8 Å². The molecule has 3 N–H and O–H groups in total. The van der Waals surface area contributed by atoms with Crippen LogP contribution in [0.2, 0.25) is 0 Å². The van der Waals surface area contributed by atoms with Crippen LogP contribution in [0.25, 0.3) is 0 Å². The number of carbonyl (C=O) groups excluding carboxylic acids is 1. The van der Waals surface area contributed by atoms with Crippen LogP contribution >= 0.6 is 0 Å². The van der Waals surface area contributed by atoms with Gasteiger partial charge < -0.3 is 10.6 Å². The van der Waals surface area contributed by atoms with Gasteiger partial charge in [-0.2, -0.15) is 18.3 Å². The number of halogens is 3. The summed E-state index contributed by atoms with van der Waals surface area (Å²) in [4.78, 5) is 16.4. The lowest BCUT2D eigenvalue weighted by molar-refractivity contribution is -0.137. The normalized spacial score (nSPS) is 19.8. The summed E-state index contributed by atoms with van der Waals surface area (Å²) in [5.41, 5.74) is -0.0815. The summed E-state index contributed by atoms with van der Waals surface area (Å²) in [6.45, 7) is 0. The van der Waals surface area contributed by atoms with E-state index in [0.29, 0.717) is 5.41 Å². The van der Waals surface area contributed by atoms with Crippen molar-refractivity contribution in [1.82, 2.24) is 25.8 Å². The van der Waals surface area contributed by atoms with Gasteiger partial charge in [-0.15, -0.1) is 0 Å². The van der Waals surface area contributed by atoms with Crippen LogP contribution in [0.15, 0.2) is 30.6 Å². The molecule has 2 aliphatic rings. The molecule has 9 heteroatoms. The topological polar surface area (TPSA) is 82.7 Å². The first-order valence-corrected chi connectivity index (χ1v) is 8.94. The summed E-state index contributed by atoms with van der Waals surface area (Å²) in [6.07, 6.45) is 2.42. The molecule has 2 aliphatic carbocycles. The van der Waals surface area contributed by atoms with Crippen molar-refractivity contribution in [2.45, 2.75) is 50.4 Å². The highest BCUT2D eigenvalue weighted by molar-refractivity contribution is 5.75. The highest BCUT2D eigenvalue weighted by atomic mass is 19.4. The molecule has 6 nitrogen and oxygen atoms in total. The fourth-order valence-electron chi connectivity index (χ4n) is 4.09. The van der Waals surface area contributed by atoms with Gasteiger partial charge in [0.1, 0.15) is 12.4 Å². The lowest BCUT2D eigenvalue weighted by Gasteiger charge is -2.54. The zero-order valence-electron chi connectivity index (χ0n) is 14.5. The Balaban J connectivity index is 1.48. The summed E-state index contributed by atoms with van der Waals surface area (Å²) in [5.74, 6) is 0.272. The number of H-pyrrole nitrogens is 1. The lowest BCUT2D eigenvalue weighted by Crippen LogP contribution is -2.55. The predicted molar refractivity (Wildman–Crippen MR) is 90.6 cm³/mol. The Morgan fingerprint density at radius 3 is 2.67 bits per heavy atom. The van der Waals surface area contributed by atoms with Gasteiger partial charge in [0.15, 0.2) is 5.82 Å². The summed E-state index contributed by atoms with van der Waals surface area (Å²) < 4.78 is 39.1. The van der Waals surface area contributed by atoms with Gasteiger partial charge in [-0.05, 0) is 48.8 Å². The molecule has 0 saturated heterocycles. The average molecular weight is 379 g/mol. The molecule has 27 heavy (non-hydrogen) atoms. The standard InChI is InChI=1S/C18H20F3N5O/c19-18(20,21)12-4-1-3-11(7-12)14(15-22-10-23-26-15)25-16(27)24-13-8-17(9-13)5-2-6-17/h1,3-4,7,10,13-14H,2,5-6,8-9H2,(H,22,23,26)(H2,24,25,27)/t14-/m1/s1. The largest absolute Gasteiger partial charge is 0.416 e. The van der Waals surface area contributed by atoms with Crippen LogP contribution in [0.4, 0.5) is 18.0 Å². The molecule has 2 saturated carbocycles. The van der Waals surface area contributed by atoms with E-state index in [-0.39, 0.29) is 17.4 Å². The molecule has 1 spiro atoms. The summed E-state index contributed by atoms with van der Waals surface area (Å²) in [7, 11) is 0. The maximum Gasteiger partial charge on any atom is 0.416 e. The number of benzene rings is 1. The highest BCUT2D eigenvalue weighted by Crippen LogP contribution is 2.55. The van der Waals surface area contributed by atoms with Crippen molar-refractivity contribution >= 4 is 6.03 Å². The zero-order chi connectivity index (χ0) is 19.1. The molecule has 1 aromatic carbocycles. The van der Waals surface area contributed by atoms with Crippen molar-refractivity contribution in [3.05, 3.63) is 47.5 Å². The first kappa shape index (κ1) is 17.8. The van der Waals surface area contributed by atoms with Gasteiger partial charge in [0.25, 0.3) is 0 Å². The van der Waals surface area contributed by atoms with Crippen LogP contribution in [-0.2, 0) is 6.18 Å². The second-order valence-electron chi connectivity index (χ2n) is 7.50. The molecule has 2 fully saturated rings. The molecule has 0 bridgehead atoms. The number of hydrogen-bond donors (Lipinski definition) is 3. The van der Waals surface area contributed by atoms with Gasteiger partial charge in [-0.3, -0.25) is 5.10 Å². The van der Waals surface area contributed by atoms with Gasteiger partial charge in [-0.25, -0.2) is 9.78 Å². The number of alkyl halides is 3. The molecule has 4 rings (SSSR count). The molecule has 0 unspecified atom stereocenters. The average Bonchev–Trinajstić information content (AvgIpc) is 3.07. The number of carbonyl (C=O) groups is 1. The van der Waals surface area contributed by atoms with Crippen LogP contribution < -0.4 is 10.6 Å². The molecular weight excluding hydrogens is 359 g/mol. The zero-order valence-corrected chi connectivity index (χ0v) is 14.5. The summed E-state index contributed by atoms with van der Waals surface area (Å²) >= 11 is 0. The fourth-order valence-corrected chi connectivity index (χ4v) is 4.09. The van der Waals surface area contributed by atoms with Crippen molar-refractivity contribution in [2.24, 2.45) is 5.41 Å². The molecule has 1 atom stereocenters. The van der Waals surface area contributed by atoms with E-state index in [2.05, 4.69) is 25.8 Å². The maximum absolute atomic E-state index is 13.0. The minimum absolute atomic E-state index is 0.113. The Bertz CT molecular complexity index is 809. The third kappa shape index (κ3) is 3.63. The molecule has 144 valence electrons. The minimum Gasteiger partial charge on any atom is -0.335 e. The number of rotatable bonds is 4. The number of aromatic amines is 1. The molecule has 0 radical (unpaired) electrons. The third-order valence-corrected chi connectivity index (χ3v) is 5.64. The van der Waals surface area contributed by atoms with Crippen molar-refractivity contribution in [2.75, 3.05) is 0 Å². The van der Waals surface area contributed by atoms with Crippen LogP contribution in [0, 0.1) is 5.41 Å². The molecule has 2 aromatic rings. The van der Waals surface area contributed by atoms with Gasteiger partial charge in [0, 0.05) is 6.04 Å². The van der Waals surface area contributed by atoms with E-state index in [4.69, 9.17) is 0 Å². The second-order valence-corrected chi connectivity index (χ2v) is 7.50. The Labute approximate surface area is 154 Å². The molecule has 0 aliphatic heterocycles. The fraction of sp³-hybridized carbons (Fsp3) is 0.500. The van der Waals surface area contributed by atoms with Gasteiger partial charge >= 0.3 is 12.2 Å². The number of amides is 2. The smallest absolute Gasteiger partial charge is 0.335 e. The first-order chi connectivity index (χ1) is 12.8. The van der Waals surface area contributed by atoms with Crippen molar-refractivity contribution in [3.63, 3.8) is 0 Å².